The molecule has 2 N–H and O–H groups in total. The summed E-state index contributed by atoms with van der Waals surface area (Å²) in [4.78, 5) is 24.4. The van der Waals surface area contributed by atoms with Crippen LogP contribution < -0.4 is 10.6 Å². The lowest BCUT2D eigenvalue weighted by atomic mass is 10.1. The third-order valence-electron chi connectivity index (χ3n) is 6.08. The average Bonchev–Trinajstić information content (AvgIpc) is 3.28. The molecule has 2 atom stereocenters. The highest BCUT2D eigenvalue weighted by Gasteiger charge is 2.43. The Kier molecular flexibility index (Phi) is 12.6. The number of carbonyl (C=O) groups is 2. The van der Waals surface area contributed by atoms with Crippen LogP contribution in [0.1, 0.15) is 29.3 Å². The minimum absolute atomic E-state index is 0.0882. The fourth-order valence-corrected chi connectivity index (χ4v) is 5.50. The van der Waals surface area contributed by atoms with Crippen molar-refractivity contribution < 1.29 is 49.6 Å². The normalized spacial score (nSPS) is 12.8. The summed E-state index contributed by atoms with van der Waals surface area (Å²) in [6.07, 6.45) is -4.79. The molecule has 0 bridgehead atoms. The van der Waals surface area contributed by atoms with Gasteiger partial charge >= 0.3 is 17.7 Å². The van der Waals surface area contributed by atoms with E-state index < -0.39 is 72.2 Å². The van der Waals surface area contributed by atoms with Crippen molar-refractivity contribution in [2.75, 3.05) is 31.5 Å². The molecule has 3 aromatic rings. The average molecular weight is 716 g/mol. The standard InChI is InChI=1S/C15H21NO4.C12H4Cl2F6N4OS/c1-10-7-6-8-11(2)14(10)16(13(17)9-19-4)12(3)15(18)20-5;13-5-1-4(11(15,16)17)2-6(14)8(5)24-10(22)9(7(3-21)23-24)26(25)12(18,19)20/h6-8,12H,9H2,1-5H3;1-2H,22H2. The first kappa shape index (κ1) is 38.3. The quantitative estimate of drug-likeness (QED) is 0.228. The monoisotopic (exact) mass is 715 g/mol. The first-order valence-electron chi connectivity index (χ1n) is 12.5. The molecule has 0 aliphatic carbocycles. The number of hydrogen-bond donors (Lipinski definition) is 1. The molecule has 19 heteroatoms. The minimum atomic E-state index is -5.25. The Labute approximate surface area is 271 Å². The third kappa shape index (κ3) is 8.49. The van der Waals surface area contributed by atoms with Crippen LogP contribution in [0.25, 0.3) is 5.69 Å². The summed E-state index contributed by atoms with van der Waals surface area (Å²) in [6.45, 7) is 5.36. The maximum absolute atomic E-state index is 12.7. The number of benzene rings is 2. The second kappa shape index (κ2) is 15.2. The lowest BCUT2D eigenvalue weighted by molar-refractivity contribution is -0.143. The number of nitriles is 1. The summed E-state index contributed by atoms with van der Waals surface area (Å²) in [5.41, 5.74) is 0.151. The molecule has 0 spiro atoms. The number of methoxy groups -OCH3 is 2. The second-order valence-electron chi connectivity index (χ2n) is 9.22. The predicted molar refractivity (Wildman–Crippen MR) is 157 cm³/mol. The van der Waals surface area contributed by atoms with Crippen LogP contribution in [-0.2, 0) is 36.0 Å². The molecule has 1 amide bonds. The number of ether oxygens (including phenoxy) is 2. The van der Waals surface area contributed by atoms with Crippen molar-refractivity contribution in [2.24, 2.45) is 0 Å². The Morgan fingerprint density at radius 1 is 1.11 bits per heavy atom. The zero-order chi connectivity index (χ0) is 35.3. The summed E-state index contributed by atoms with van der Waals surface area (Å²) >= 11 is 11.5. The van der Waals surface area contributed by atoms with Crippen LogP contribution in [-0.4, -0.2) is 58.2 Å². The van der Waals surface area contributed by atoms with Crippen LogP contribution in [0.3, 0.4) is 0 Å². The van der Waals surface area contributed by atoms with Crippen LogP contribution >= 0.6 is 23.2 Å². The van der Waals surface area contributed by atoms with Gasteiger partial charge in [0.25, 0.3) is 5.91 Å². The van der Waals surface area contributed by atoms with Gasteiger partial charge in [0.15, 0.2) is 16.5 Å². The number of amides is 1. The lowest BCUT2D eigenvalue weighted by Crippen LogP contribution is -2.46. The molecule has 1 aromatic heterocycles. The molecule has 0 aliphatic heterocycles. The Morgan fingerprint density at radius 3 is 2.04 bits per heavy atom. The molecule has 3 rings (SSSR count). The van der Waals surface area contributed by atoms with Crippen LogP contribution in [0.2, 0.25) is 10.0 Å². The van der Waals surface area contributed by atoms with Crippen molar-refractivity contribution in [1.29, 1.82) is 5.26 Å². The van der Waals surface area contributed by atoms with Crippen LogP contribution in [0, 0.1) is 25.2 Å². The molecular weight excluding hydrogens is 691 g/mol. The van der Waals surface area contributed by atoms with Crippen molar-refractivity contribution in [3.8, 4) is 11.8 Å². The molecule has 0 radical (unpaired) electrons. The minimum Gasteiger partial charge on any atom is -0.467 e. The number of alkyl halides is 6. The summed E-state index contributed by atoms with van der Waals surface area (Å²) < 4.78 is 98.0. The SMILES string of the molecule is COCC(=O)N(c1c(C)cccc1C)C(C)C(=O)OC.N#Cc1nn(-c2c(Cl)cc(C(F)(F)F)cc2Cl)c(N)c1S(=O)C(F)(F)F. The van der Waals surface area contributed by atoms with Gasteiger partial charge in [-0.2, -0.15) is 36.7 Å². The Hall–Kier alpha value is -3.85. The molecule has 10 nitrogen and oxygen atoms in total. The number of carbonyl (C=O) groups excluding carboxylic acids is 2. The largest absolute Gasteiger partial charge is 0.476 e. The summed E-state index contributed by atoms with van der Waals surface area (Å²) in [5.74, 6) is -1.64. The highest BCUT2D eigenvalue weighted by Crippen LogP contribution is 2.40. The number of hydrogen-bond acceptors (Lipinski definition) is 8. The number of nitrogen functional groups attached to an aromatic ring is 1. The number of rotatable bonds is 7. The van der Waals surface area contributed by atoms with E-state index in [0.717, 1.165) is 16.8 Å². The molecule has 0 fully saturated rings. The van der Waals surface area contributed by atoms with Gasteiger partial charge in [-0.25, -0.2) is 13.7 Å². The van der Waals surface area contributed by atoms with Crippen LogP contribution in [0.5, 0.6) is 0 Å². The summed E-state index contributed by atoms with van der Waals surface area (Å²) in [6, 6.07) is 7.20. The van der Waals surface area contributed by atoms with Crippen molar-refractivity contribution >= 4 is 57.4 Å². The second-order valence-corrected chi connectivity index (χ2v) is 11.4. The number of nitrogens with zero attached hydrogens (tertiary/aromatic N) is 4. The van der Waals surface area contributed by atoms with E-state index in [2.05, 4.69) is 5.10 Å². The zero-order valence-electron chi connectivity index (χ0n) is 24.5. The van der Waals surface area contributed by atoms with Crippen molar-refractivity contribution in [3.63, 3.8) is 0 Å². The molecule has 46 heavy (non-hydrogen) atoms. The van der Waals surface area contributed by atoms with E-state index in [1.54, 1.807) is 6.92 Å². The summed E-state index contributed by atoms with van der Waals surface area (Å²) in [7, 11) is -0.949. The van der Waals surface area contributed by atoms with Gasteiger partial charge < -0.3 is 15.2 Å². The molecule has 0 saturated carbocycles. The predicted octanol–water partition coefficient (Wildman–Crippen LogP) is 6.12. The number of nitrogens with two attached hydrogens (primary N) is 1. The number of aromatic nitrogens is 2. The highest BCUT2D eigenvalue weighted by molar-refractivity contribution is 7.86. The number of halogens is 8. The topological polar surface area (TPSA) is 141 Å². The van der Waals surface area contributed by atoms with Gasteiger partial charge in [-0.1, -0.05) is 41.4 Å². The zero-order valence-corrected chi connectivity index (χ0v) is 26.8. The Morgan fingerprint density at radius 2 is 1.63 bits per heavy atom. The maximum Gasteiger partial charge on any atom is 0.476 e. The number of para-hydroxylation sites is 1. The van der Waals surface area contributed by atoms with E-state index in [4.69, 9.17) is 43.7 Å². The van der Waals surface area contributed by atoms with Gasteiger partial charge in [0.2, 0.25) is 0 Å². The molecule has 2 aromatic carbocycles. The van der Waals surface area contributed by atoms with Crippen molar-refractivity contribution in [2.45, 2.75) is 43.4 Å². The maximum atomic E-state index is 12.7. The smallest absolute Gasteiger partial charge is 0.467 e. The van der Waals surface area contributed by atoms with Gasteiger partial charge in [0.1, 0.15) is 35.1 Å². The number of aryl methyl sites for hydroxylation is 2. The van der Waals surface area contributed by atoms with Crippen LogP contribution in [0.4, 0.5) is 37.8 Å². The van der Waals surface area contributed by atoms with Crippen LogP contribution in [0.15, 0.2) is 35.2 Å². The van der Waals surface area contributed by atoms with Crippen molar-refractivity contribution in [3.05, 3.63) is 62.8 Å². The fraction of sp³-hybridized carbons (Fsp3) is 0.333. The lowest BCUT2D eigenvalue weighted by Gasteiger charge is -2.30. The highest BCUT2D eigenvalue weighted by atomic mass is 35.5. The van der Waals surface area contributed by atoms with E-state index in [9.17, 15) is 40.1 Å². The molecule has 0 saturated heterocycles. The number of esters is 1. The molecule has 250 valence electrons. The number of anilines is 2. The van der Waals surface area contributed by atoms with Gasteiger partial charge in [-0.3, -0.25) is 9.69 Å². The van der Waals surface area contributed by atoms with E-state index in [-0.39, 0.29) is 12.5 Å². The third-order valence-corrected chi connectivity index (χ3v) is 7.85. The van der Waals surface area contributed by atoms with Gasteiger partial charge in [-0.05, 0) is 44.0 Å². The van der Waals surface area contributed by atoms with Gasteiger partial charge in [-0.15, -0.1) is 0 Å². The van der Waals surface area contributed by atoms with Gasteiger partial charge in [0.05, 0.1) is 28.4 Å². The van der Waals surface area contributed by atoms with Crippen molar-refractivity contribution in [1.82, 2.24) is 9.78 Å². The molecule has 0 aliphatic rings. The van der Waals surface area contributed by atoms with E-state index in [1.807, 2.05) is 32.0 Å². The van der Waals surface area contributed by atoms with Gasteiger partial charge in [0, 0.05) is 7.11 Å². The van der Waals surface area contributed by atoms with E-state index in [1.165, 1.54) is 25.2 Å². The fourth-order valence-electron chi connectivity index (χ4n) is 4.08. The Bertz CT molecular complexity index is 1650. The first-order chi connectivity index (χ1) is 21.2. The van der Waals surface area contributed by atoms with E-state index in [0.29, 0.717) is 16.8 Å². The molecule has 1 heterocycles. The first-order valence-corrected chi connectivity index (χ1v) is 14.4. The van der Waals surface area contributed by atoms with E-state index >= 15 is 0 Å². The molecular formula is C27H25Cl2F6N5O5S. The summed E-state index contributed by atoms with van der Waals surface area (Å²) in [5, 5.41) is 11.1. The molecule has 2 unspecified atom stereocenters. The Balaban J connectivity index is 0.000000332.